The van der Waals surface area contributed by atoms with Crippen molar-refractivity contribution in [2.75, 3.05) is 38.2 Å². The number of piperidine rings is 1. The Labute approximate surface area is 287 Å². The number of rotatable bonds is 13. The summed E-state index contributed by atoms with van der Waals surface area (Å²) in [6.45, 7) is 7.84. The predicted octanol–water partition coefficient (Wildman–Crippen LogP) is 7.41. The van der Waals surface area contributed by atoms with Gasteiger partial charge in [-0.2, -0.15) is 4.98 Å². The number of carbonyl (C=O) groups is 2. The van der Waals surface area contributed by atoms with Crippen molar-refractivity contribution in [3.8, 4) is 11.5 Å². The smallest absolute Gasteiger partial charge is 0.338 e. The summed E-state index contributed by atoms with van der Waals surface area (Å²) in [6.07, 6.45) is 4.81. The number of nitrogens with one attached hydrogen (secondary N) is 1. The summed E-state index contributed by atoms with van der Waals surface area (Å²) >= 11 is 11.5. The van der Waals surface area contributed by atoms with Gasteiger partial charge in [-0.25, -0.2) is 9.48 Å². The van der Waals surface area contributed by atoms with E-state index in [1.165, 1.54) is 11.8 Å². The Kier molecular flexibility index (Phi) is 11.9. The normalized spacial score (nSPS) is 16.1. The molecule has 1 saturated heterocycles. The topological polar surface area (TPSA) is 108 Å². The van der Waals surface area contributed by atoms with E-state index in [1.54, 1.807) is 4.68 Å². The first-order valence-electron chi connectivity index (χ1n) is 15.6. The zero-order valence-corrected chi connectivity index (χ0v) is 29.5. The van der Waals surface area contributed by atoms with Crippen LogP contribution in [0.3, 0.4) is 0 Å². The van der Waals surface area contributed by atoms with Gasteiger partial charge in [0, 0.05) is 29.6 Å². The zero-order chi connectivity index (χ0) is 32.6. The highest BCUT2D eigenvalue weighted by atomic mass is 79.9. The number of halogens is 2. The lowest BCUT2D eigenvalue weighted by atomic mass is 9.95. The Hall–Kier alpha value is -3.22. The minimum absolute atomic E-state index is 0.0544. The summed E-state index contributed by atoms with van der Waals surface area (Å²) in [5, 5.41) is 9.31. The maximum Gasteiger partial charge on any atom is 0.338 e. The van der Waals surface area contributed by atoms with Crippen molar-refractivity contribution < 1.29 is 23.8 Å². The fraction of sp³-hybridized carbons (Fsp3) is 0.455. The van der Waals surface area contributed by atoms with Gasteiger partial charge in [-0.1, -0.05) is 54.9 Å². The SMILES string of the molecule is CCCCOC(=O)C1=C(C)Nc2nc(SCc3ccccc3Cl)nn2C1c1cc(Br)c(OCC(=O)N2CCCCC2)c(OCC)c1. The van der Waals surface area contributed by atoms with E-state index in [4.69, 9.17) is 35.9 Å². The molecule has 0 spiro atoms. The third-order valence-corrected chi connectivity index (χ3v) is 9.64. The Morgan fingerprint density at radius 3 is 2.65 bits per heavy atom. The van der Waals surface area contributed by atoms with Crippen LogP contribution in [0.25, 0.3) is 0 Å². The van der Waals surface area contributed by atoms with Crippen LogP contribution < -0.4 is 14.8 Å². The van der Waals surface area contributed by atoms with Gasteiger partial charge in [-0.3, -0.25) is 4.79 Å². The average molecular weight is 733 g/mol. The molecule has 10 nitrogen and oxygen atoms in total. The van der Waals surface area contributed by atoms with Gasteiger partial charge in [0.2, 0.25) is 11.1 Å². The minimum Gasteiger partial charge on any atom is -0.490 e. The van der Waals surface area contributed by atoms with Crippen LogP contribution in [0.1, 0.15) is 70.0 Å². The van der Waals surface area contributed by atoms with Crippen LogP contribution in [0.4, 0.5) is 5.95 Å². The van der Waals surface area contributed by atoms with E-state index >= 15 is 0 Å². The number of allylic oxidation sites excluding steroid dienone is 1. The first-order chi connectivity index (χ1) is 22.3. The van der Waals surface area contributed by atoms with Gasteiger partial charge in [0.1, 0.15) is 6.04 Å². The number of carbonyl (C=O) groups excluding carboxylic acids is 2. The van der Waals surface area contributed by atoms with Crippen molar-refractivity contribution in [1.82, 2.24) is 19.7 Å². The van der Waals surface area contributed by atoms with Crippen molar-refractivity contribution in [2.24, 2.45) is 0 Å². The molecule has 0 bridgehead atoms. The standard InChI is InChI=1S/C33H39BrClN5O5S/c1-4-6-16-44-31(42)28-21(3)36-32-37-33(46-20-22-12-8-9-13-25(22)35)38-40(32)29(28)23-17-24(34)30(26(18-23)43-5-2)45-19-27(41)39-14-10-7-11-15-39/h8-9,12-13,17-18,29H,4-7,10-11,14-16,19-20H2,1-3H3,(H,36,37,38). The fourth-order valence-corrected chi connectivity index (χ4v) is 7.12. The number of aromatic nitrogens is 3. The second-order valence-electron chi connectivity index (χ2n) is 11.1. The lowest BCUT2D eigenvalue weighted by molar-refractivity contribution is -0.139. The van der Waals surface area contributed by atoms with Gasteiger partial charge in [0.25, 0.3) is 5.91 Å². The van der Waals surface area contributed by atoms with E-state index in [1.807, 2.05) is 62.1 Å². The Balaban J connectivity index is 1.48. The summed E-state index contributed by atoms with van der Waals surface area (Å²) in [6, 6.07) is 10.7. The van der Waals surface area contributed by atoms with Crippen LogP contribution in [0.2, 0.25) is 5.02 Å². The molecule has 1 aromatic heterocycles. The zero-order valence-electron chi connectivity index (χ0n) is 26.3. The first kappa shape index (κ1) is 34.1. The largest absolute Gasteiger partial charge is 0.490 e. The van der Waals surface area contributed by atoms with Gasteiger partial charge in [-0.05, 0) is 84.8 Å². The van der Waals surface area contributed by atoms with Crippen molar-refractivity contribution in [3.05, 3.63) is 68.3 Å². The number of ether oxygens (including phenoxy) is 3. The van der Waals surface area contributed by atoms with E-state index < -0.39 is 12.0 Å². The molecular formula is C33H39BrClN5O5S. The summed E-state index contributed by atoms with van der Waals surface area (Å²) in [5.41, 5.74) is 2.72. The molecule has 46 heavy (non-hydrogen) atoms. The molecule has 0 radical (unpaired) electrons. The summed E-state index contributed by atoms with van der Waals surface area (Å²) < 4.78 is 20.1. The maximum absolute atomic E-state index is 13.6. The fourth-order valence-electron chi connectivity index (χ4n) is 5.43. The van der Waals surface area contributed by atoms with E-state index in [0.29, 0.717) is 67.9 Å². The van der Waals surface area contributed by atoms with Gasteiger partial charge in [0.15, 0.2) is 18.1 Å². The van der Waals surface area contributed by atoms with Crippen molar-refractivity contribution in [3.63, 3.8) is 0 Å². The number of fused-ring (bicyclic) bond motifs is 1. The van der Waals surface area contributed by atoms with Gasteiger partial charge in [0.05, 0.1) is 23.3 Å². The monoisotopic (exact) mass is 731 g/mol. The molecule has 2 aliphatic heterocycles. The van der Waals surface area contributed by atoms with Crippen LogP contribution >= 0.6 is 39.3 Å². The highest BCUT2D eigenvalue weighted by Gasteiger charge is 2.36. The molecule has 0 aliphatic carbocycles. The predicted molar refractivity (Wildman–Crippen MR) is 183 cm³/mol. The molecule has 2 aliphatic rings. The number of hydrogen-bond acceptors (Lipinski definition) is 9. The molecule has 1 atom stereocenters. The van der Waals surface area contributed by atoms with Crippen molar-refractivity contribution >= 4 is 57.1 Å². The number of nitrogens with zero attached hydrogens (tertiary/aromatic N) is 4. The minimum atomic E-state index is -0.674. The third kappa shape index (κ3) is 8.01. The molecule has 1 N–H and O–H groups in total. The van der Waals surface area contributed by atoms with Crippen LogP contribution in [-0.2, 0) is 20.1 Å². The van der Waals surface area contributed by atoms with Crippen LogP contribution in [0, 0.1) is 0 Å². The van der Waals surface area contributed by atoms with Crippen LogP contribution in [0.5, 0.6) is 11.5 Å². The van der Waals surface area contributed by atoms with E-state index in [-0.39, 0.29) is 12.5 Å². The molecule has 1 amide bonds. The molecule has 2 aromatic carbocycles. The number of anilines is 1. The molecule has 3 aromatic rings. The number of hydrogen-bond donors (Lipinski definition) is 1. The Bertz CT molecular complexity index is 1590. The van der Waals surface area contributed by atoms with Crippen LogP contribution in [-0.4, -0.2) is 64.5 Å². The molecule has 3 heterocycles. The van der Waals surface area contributed by atoms with E-state index in [2.05, 4.69) is 21.2 Å². The molecule has 5 rings (SSSR count). The number of likely N-dealkylation sites (tertiary alicyclic amines) is 1. The van der Waals surface area contributed by atoms with Crippen molar-refractivity contribution in [1.29, 1.82) is 0 Å². The summed E-state index contributed by atoms with van der Waals surface area (Å²) in [4.78, 5) is 33.1. The van der Waals surface area contributed by atoms with Gasteiger partial charge >= 0.3 is 5.97 Å². The highest BCUT2D eigenvalue weighted by molar-refractivity contribution is 9.10. The van der Waals surface area contributed by atoms with Gasteiger partial charge in [-0.15, -0.1) is 5.10 Å². The van der Waals surface area contributed by atoms with E-state index in [9.17, 15) is 9.59 Å². The number of benzene rings is 2. The molecular weight excluding hydrogens is 694 g/mol. The maximum atomic E-state index is 13.6. The highest BCUT2D eigenvalue weighted by Crippen LogP contribution is 2.43. The first-order valence-corrected chi connectivity index (χ1v) is 17.8. The van der Waals surface area contributed by atoms with E-state index in [0.717, 1.165) is 50.8 Å². The number of thioether (sulfide) groups is 1. The quantitative estimate of drug-likeness (QED) is 0.109. The Morgan fingerprint density at radius 2 is 1.91 bits per heavy atom. The lowest BCUT2D eigenvalue weighted by Gasteiger charge is -2.29. The number of esters is 1. The third-order valence-electron chi connectivity index (χ3n) is 7.79. The molecule has 13 heteroatoms. The molecule has 0 saturated carbocycles. The average Bonchev–Trinajstić information content (AvgIpc) is 3.46. The second kappa shape index (κ2) is 16.1. The van der Waals surface area contributed by atoms with Crippen molar-refractivity contribution in [2.45, 2.75) is 69.8 Å². The molecule has 1 fully saturated rings. The van der Waals surface area contributed by atoms with Crippen LogP contribution in [0.15, 0.2) is 57.3 Å². The summed E-state index contributed by atoms with van der Waals surface area (Å²) in [7, 11) is 0. The molecule has 246 valence electrons. The Morgan fingerprint density at radius 1 is 1.13 bits per heavy atom. The molecule has 1 unspecified atom stereocenters. The number of unbranched alkanes of at least 4 members (excludes halogenated alkanes) is 1. The lowest BCUT2D eigenvalue weighted by Crippen LogP contribution is -2.38. The summed E-state index contributed by atoms with van der Waals surface area (Å²) in [5.74, 6) is 1.46. The second-order valence-corrected chi connectivity index (χ2v) is 13.3. The van der Waals surface area contributed by atoms with Gasteiger partial charge < -0.3 is 24.4 Å². The number of amides is 1.